The SMILES string of the molecule is CC(C(=O)Nc1ncn(CC(=O)NCc2ccccc2)n1)c1ccsc1. The molecular formula is C18H19N5O2S. The average molecular weight is 369 g/mol. The van der Waals surface area contributed by atoms with Crippen molar-refractivity contribution in [1.82, 2.24) is 20.1 Å². The number of carbonyl (C=O) groups excluding carboxylic acids is 2. The van der Waals surface area contributed by atoms with Gasteiger partial charge in [0, 0.05) is 6.54 Å². The fourth-order valence-corrected chi connectivity index (χ4v) is 3.07. The number of nitrogens with zero attached hydrogens (tertiary/aromatic N) is 3. The van der Waals surface area contributed by atoms with Gasteiger partial charge in [-0.1, -0.05) is 30.3 Å². The Morgan fingerprint density at radius 1 is 1.23 bits per heavy atom. The number of rotatable bonds is 7. The van der Waals surface area contributed by atoms with Crippen LogP contribution >= 0.6 is 11.3 Å². The fourth-order valence-electron chi connectivity index (χ4n) is 2.32. The number of aromatic nitrogens is 3. The first-order valence-electron chi connectivity index (χ1n) is 8.15. The van der Waals surface area contributed by atoms with Crippen LogP contribution in [0.2, 0.25) is 0 Å². The quantitative estimate of drug-likeness (QED) is 0.669. The number of benzene rings is 1. The molecule has 2 heterocycles. The zero-order chi connectivity index (χ0) is 18.4. The third kappa shape index (κ3) is 4.76. The molecule has 0 bridgehead atoms. The summed E-state index contributed by atoms with van der Waals surface area (Å²) >= 11 is 1.55. The molecule has 0 saturated carbocycles. The Morgan fingerprint density at radius 2 is 2.04 bits per heavy atom. The van der Waals surface area contributed by atoms with Crippen molar-refractivity contribution >= 4 is 29.1 Å². The van der Waals surface area contributed by atoms with Crippen LogP contribution in [0.1, 0.15) is 24.0 Å². The summed E-state index contributed by atoms with van der Waals surface area (Å²) in [6, 6.07) is 11.6. The van der Waals surface area contributed by atoms with Crippen molar-refractivity contribution in [2.75, 3.05) is 5.32 Å². The second kappa shape index (κ2) is 8.39. The van der Waals surface area contributed by atoms with Gasteiger partial charge in [-0.2, -0.15) is 11.3 Å². The van der Waals surface area contributed by atoms with Gasteiger partial charge in [0.05, 0.1) is 5.92 Å². The number of hydrogen-bond acceptors (Lipinski definition) is 5. The monoisotopic (exact) mass is 369 g/mol. The molecule has 2 aromatic heterocycles. The highest BCUT2D eigenvalue weighted by molar-refractivity contribution is 7.08. The molecule has 134 valence electrons. The van der Waals surface area contributed by atoms with E-state index in [1.807, 2.05) is 54.1 Å². The maximum atomic E-state index is 12.2. The lowest BCUT2D eigenvalue weighted by Crippen LogP contribution is -2.27. The lowest BCUT2D eigenvalue weighted by atomic mass is 10.0. The van der Waals surface area contributed by atoms with E-state index in [-0.39, 0.29) is 30.2 Å². The predicted octanol–water partition coefficient (Wildman–Crippen LogP) is 2.40. The van der Waals surface area contributed by atoms with Crippen LogP contribution in [-0.2, 0) is 22.7 Å². The molecule has 26 heavy (non-hydrogen) atoms. The first kappa shape index (κ1) is 17.8. The van der Waals surface area contributed by atoms with E-state index in [0.717, 1.165) is 11.1 Å². The standard InChI is InChI=1S/C18H19N5O2S/c1-13(15-7-8-26-11-15)17(25)21-18-20-12-23(22-18)10-16(24)19-9-14-5-3-2-4-6-14/h2-8,11-13H,9-10H2,1H3,(H,19,24)(H,21,22,25). The lowest BCUT2D eigenvalue weighted by molar-refractivity contribution is -0.122. The third-order valence-corrected chi connectivity index (χ3v) is 4.55. The number of carbonyl (C=O) groups is 2. The number of hydrogen-bond donors (Lipinski definition) is 2. The van der Waals surface area contributed by atoms with Crippen molar-refractivity contribution in [2.45, 2.75) is 25.9 Å². The summed E-state index contributed by atoms with van der Waals surface area (Å²) in [5.74, 6) is -0.465. The zero-order valence-corrected chi connectivity index (χ0v) is 15.1. The summed E-state index contributed by atoms with van der Waals surface area (Å²) in [6.45, 7) is 2.32. The van der Waals surface area contributed by atoms with Gasteiger partial charge in [-0.3, -0.25) is 14.9 Å². The molecule has 7 nitrogen and oxygen atoms in total. The zero-order valence-electron chi connectivity index (χ0n) is 14.3. The Labute approximate surface area is 155 Å². The molecule has 1 unspecified atom stereocenters. The largest absolute Gasteiger partial charge is 0.350 e. The number of thiophene rings is 1. The van der Waals surface area contributed by atoms with Gasteiger partial charge in [-0.15, -0.1) is 5.10 Å². The van der Waals surface area contributed by atoms with Gasteiger partial charge in [-0.25, -0.2) is 9.67 Å². The molecule has 3 aromatic rings. The minimum Gasteiger partial charge on any atom is -0.350 e. The van der Waals surface area contributed by atoms with Crippen LogP contribution in [0.25, 0.3) is 0 Å². The number of amides is 2. The second-order valence-electron chi connectivity index (χ2n) is 5.80. The van der Waals surface area contributed by atoms with Gasteiger partial charge >= 0.3 is 0 Å². The van der Waals surface area contributed by atoms with Crippen molar-refractivity contribution in [3.63, 3.8) is 0 Å². The lowest BCUT2D eigenvalue weighted by Gasteiger charge is -2.08. The minimum absolute atomic E-state index is 0.0375. The van der Waals surface area contributed by atoms with Gasteiger partial charge < -0.3 is 5.32 Å². The maximum absolute atomic E-state index is 12.2. The Kier molecular flexibility index (Phi) is 5.75. The van der Waals surface area contributed by atoms with Crippen LogP contribution < -0.4 is 10.6 Å². The van der Waals surface area contributed by atoms with Gasteiger partial charge in [0.2, 0.25) is 17.8 Å². The molecule has 0 aliphatic rings. The van der Waals surface area contributed by atoms with Gasteiger partial charge in [-0.05, 0) is 34.9 Å². The van der Waals surface area contributed by atoms with E-state index >= 15 is 0 Å². The van der Waals surface area contributed by atoms with Crippen LogP contribution in [0.4, 0.5) is 5.95 Å². The molecule has 0 fully saturated rings. The van der Waals surface area contributed by atoms with Crippen LogP contribution in [0.15, 0.2) is 53.5 Å². The Hall–Kier alpha value is -3.00. The highest BCUT2D eigenvalue weighted by atomic mass is 32.1. The van der Waals surface area contributed by atoms with Crippen molar-refractivity contribution in [2.24, 2.45) is 0 Å². The molecule has 0 aliphatic heterocycles. The smallest absolute Gasteiger partial charge is 0.248 e. The molecule has 1 aromatic carbocycles. The van der Waals surface area contributed by atoms with E-state index in [9.17, 15) is 9.59 Å². The highest BCUT2D eigenvalue weighted by Gasteiger charge is 2.17. The van der Waals surface area contributed by atoms with Crippen molar-refractivity contribution < 1.29 is 9.59 Å². The first-order valence-corrected chi connectivity index (χ1v) is 9.09. The molecule has 0 spiro atoms. The highest BCUT2D eigenvalue weighted by Crippen LogP contribution is 2.19. The summed E-state index contributed by atoms with van der Waals surface area (Å²) in [4.78, 5) is 28.3. The van der Waals surface area contributed by atoms with E-state index < -0.39 is 0 Å². The van der Waals surface area contributed by atoms with Gasteiger partial charge in [0.15, 0.2) is 0 Å². The topological polar surface area (TPSA) is 88.9 Å². The van der Waals surface area contributed by atoms with Crippen molar-refractivity contribution in [3.8, 4) is 0 Å². The number of nitrogens with one attached hydrogen (secondary N) is 2. The summed E-state index contributed by atoms with van der Waals surface area (Å²) in [7, 11) is 0. The first-order chi connectivity index (χ1) is 12.6. The van der Waals surface area contributed by atoms with Crippen LogP contribution in [-0.4, -0.2) is 26.6 Å². The van der Waals surface area contributed by atoms with E-state index in [2.05, 4.69) is 20.7 Å². The summed E-state index contributed by atoms with van der Waals surface area (Å²) < 4.78 is 1.39. The summed E-state index contributed by atoms with van der Waals surface area (Å²) in [6.07, 6.45) is 1.42. The normalized spacial score (nSPS) is 11.7. The molecule has 2 N–H and O–H groups in total. The molecule has 2 amide bonds. The fraction of sp³-hybridized carbons (Fsp3) is 0.222. The van der Waals surface area contributed by atoms with E-state index in [1.54, 1.807) is 11.3 Å². The van der Waals surface area contributed by atoms with Crippen molar-refractivity contribution in [1.29, 1.82) is 0 Å². The molecular weight excluding hydrogens is 350 g/mol. The minimum atomic E-state index is -0.289. The Bertz CT molecular complexity index is 861. The number of anilines is 1. The third-order valence-electron chi connectivity index (χ3n) is 3.85. The second-order valence-corrected chi connectivity index (χ2v) is 6.58. The molecule has 3 rings (SSSR count). The molecule has 0 aliphatic carbocycles. The summed E-state index contributed by atoms with van der Waals surface area (Å²) in [5.41, 5.74) is 1.97. The summed E-state index contributed by atoms with van der Waals surface area (Å²) in [5, 5.41) is 13.5. The van der Waals surface area contributed by atoms with Crippen molar-refractivity contribution in [3.05, 3.63) is 64.6 Å². The van der Waals surface area contributed by atoms with Crippen LogP contribution in [0.3, 0.4) is 0 Å². The predicted molar refractivity (Wildman–Crippen MR) is 99.7 cm³/mol. The molecule has 8 heteroatoms. The van der Waals surface area contributed by atoms with Gasteiger partial charge in [0.1, 0.15) is 12.9 Å². The van der Waals surface area contributed by atoms with E-state index in [0.29, 0.717) is 6.54 Å². The van der Waals surface area contributed by atoms with Crippen LogP contribution in [0, 0.1) is 0 Å². The average Bonchev–Trinajstić information content (AvgIpc) is 3.32. The van der Waals surface area contributed by atoms with E-state index in [4.69, 9.17) is 0 Å². The molecule has 1 atom stereocenters. The van der Waals surface area contributed by atoms with Gasteiger partial charge in [0.25, 0.3) is 0 Å². The van der Waals surface area contributed by atoms with Crippen LogP contribution in [0.5, 0.6) is 0 Å². The Balaban J connectivity index is 1.49. The van der Waals surface area contributed by atoms with E-state index in [1.165, 1.54) is 11.0 Å². The molecule has 0 radical (unpaired) electrons. The Morgan fingerprint density at radius 3 is 2.77 bits per heavy atom. The maximum Gasteiger partial charge on any atom is 0.248 e. The molecule has 0 saturated heterocycles.